The van der Waals surface area contributed by atoms with Gasteiger partial charge in [-0.2, -0.15) is 0 Å². The van der Waals surface area contributed by atoms with Gasteiger partial charge in [-0.25, -0.2) is 9.78 Å². The van der Waals surface area contributed by atoms with Crippen molar-refractivity contribution in [3.8, 4) is 0 Å². The summed E-state index contributed by atoms with van der Waals surface area (Å²) < 4.78 is 8.28. The number of hydrogen-bond donors (Lipinski definition) is 1. The average molecular weight is 429 g/mol. The number of imidazole rings is 1. The molecule has 1 aromatic carbocycles. The van der Waals surface area contributed by atoms with Crippen LogP contribution in [0.4, 0.5) is 5.69 Å². The third-order valence-electron chi connectivity index (χ3n) is 4.90. The minimum Gasteiger partial charge on any atom is -0.457 e. The van der Waals surface area contributed by atoms with Gasteiger partial charge in [-0.1, -0.05) is 31.5 Å². The van der Waals surface area contributed by atoms with E-state index < -0.39 is 22.1 Å². The number of benzene rings is 1. The molecule has 3 aromatic rings. The second kappa shape index (κ2) is 9.37. The van der Waals surface area contributed by atoms with Crippen molar-refractivity contribution >= 4 is 22.8 Å². The van der Waals surface area contributed by atoms with Crippen LogP contribution in [0.15, 0.2) is 33.9 Å². The third kappa shape index (κ3) is 4.55. The monoisotopic (exact) mass is 429 g/mol. The van der Waals surface area contributed by atoms with Crippen LogP contribution >= 0.6 is 0 Å². The number of esters is 1. The maximum Gasteiger partial charge on any atom is 0.330 e. The summed E-state index contributed by atoms with van der Waals surface area (Å²) in [7, 11) is 0. The van der Waals surface area contributed by atoms with Crippen LogP contribution in [0.1, 0.15) is 38.1 Å². The van der Waals surface area contributed by atoms with Gasteiger partial charge in [0.1, 0.15) is 12.4 Å². The maximum atomic E-state index is 12.4. The number of hydrogen-bond acceptors (Lipinski definition) is 7. The van der Waals surface area contributed by atoms with Gasteiger partial charge in [0.05, 0.1) is 11.3 Å². The Morgan fingerprint density at radius 3 is 2.65 bits per heavy atom. The molecule has 2 heterocycles. The molecule has 0 aliphatic heterocycles. The van der Waals surface area contributed by atoms with Gasteiger partial charge in [0, 0.05) is 24.7 Å². The zero-order valence-corrected chi connectivity index (χ0v) is 17.3. The predicted octanol–water partition coefficient (Wildman–Crippen LogP) is 1.90. The number of carbonyl (C=O) groups excluding carboxylic acids is 1. The summed E-state index contributed by atoms with van der Waals surface area (Å²) in [6.07, 6.45) is 1.32. The Morgan fingerprint density at radius 1 is 1.23 bits per heavy atom. The summed E-state index contributed by atoms with van der Waals surface area (Å²) in [5, 5.41) is 11.1. The van der Waals surface area contributed by atoms with E-state index in [1.165, 1.54) is 22.8 Å². The number of nitrogens with one attached hydrogen (secondary N) is 1. The average Bonchev–Trinajstić information content (AvgIpc) is 3.11. The first-order valence-electron chi connectivity index (χ1n) is 9.97. The van der Waals surface area contributed by atoms with Gasteiger partial charge in [0.2, 0.25) is 0 Å². The number of nitro benzene ring substituents is 1. The molecular formula is C20H23N5O6. The van der Waals surface area contributed by atoms with Crippen LogP contribution in [0, 0.1) is 10.1 Å². The molecule has 0 bridgehead atoms. The lowest BCUT2D eigenvalue weighted by Gasteiger charge is -2.07. The molecule has 0 saturated heterocycles. The molecule has 0 fully saturated rings. The number of H-pyrrole nitrogens is 1. The largest absolute Gasteiger partial charge is 0.457 e. The van der Waals surface area contributed by atoms with Crippen LogP contribution in [-0.4, -0.2) is 30.0 Å². The van der Waals surface area contributed by atoms with Crippen molar-refractivity contribution in [2.75, 3.05) is 0 Å². The van der Waals surface area contributed by atoms with Crippen molar-refractivity contribution in [2.24, 2.45) is 0 Å². The number of ether oxygens (including phenoxy) is 1. The molecule has 0 unspecified atom stereocenters. The van der Waals surface area contributed by atoms with E-state index in [0.717, 1.165) is 12.8 Å². The van der Waals surface area contributed by atoms with E-state index in [-0.39, 0.29) is 35.4 Å². The molecule has 2 aromatic heterocycles. The summed E-state index contributed by atoms with van der Waals surface area (Å²) >= 11 is 0. The number of fused-ring (bicyclic) bond motifs is 1. The molecule has 0 saturated carbocycles. The summed E-state index contributed by atoms with van der Waals surface area (Å²) in [6.45, 7) is 4.34. The van der Waals surface area contributed by atoms with Crippen LogP contribution in [0.3, 0.4) is 0 Å². The third-order valence-corrected chi connectivity index (χ3v) is 4.90. The number of aromatic amines is 1. The van der Waals surface area contributed by atoms with Gasteiger partial charge >= 0.3 is 11.7 Å². The number of carbonyl (C=O) groups is 1. The minimum absolute atomic E-state index is 0.160. The van der Waals surface area contributed by atoms with Gasteiger partial charge in [-0.05, 0) is 13.3 Å². The van der Waals surface area contributed by atoms with E-state index in [2.05, 4.69) is 9.97 Å². The lowest BCUT2D eigenvalue weighted by atomic mass is 10.1. The number of aryl methyl sites for hydroxylation is 2. The van der Waals surface area contributed by atoms with Crippen LogP contribution in [-0.2, 0) is 35.6 Å². The molecule has 0 atom stereocenters. The Hall–Kier alpha value is -3.76. The highest BCUT2D eigenvalue weighted by molar-refractivity contribution is 5.74. The Kier molecular flexibility index (Phi) is 6.63. The molecule has 0 amide bonds. The minimum atomic E-state index is -0.665. The van der Waals surface area contributed by atoms with Crippen molar-refractivity contribution in [2.45, 2.75) is 52.8 Å². The van der Waals surface area contributed by atoms with Crippen molar-refractivity contribution in [3.63, 3.8) is 0 Å². The molecular weight excluding hydrogens is 406 g/mol. The molecule has 3 rings (SSSR count). The molecule has 164 valence electrons. The highest BCUT2D eigenvalue weighted by atomic mass is 16.6. The highest BCUT2D eigenvalue weighted by Gasteiger charge is 2.20. The Balaban J connectivity index is 1.87. The zero-order chi connectivity index (χ0) is 22.5. The van der Waals surface area contributed by atoms with Crippen molar-refractivity contribution < 1.29 is 14.5 Å². The fraction of sp³-hybridized carbons (Fsp3) is 0.400. The zero-order valence-electron chi connectivity index (χ0n) is 17.3. The maximum absolute atomic E-state index is 12.4. The van der Waals surface area contributed by atoms with E-state index in [1.807, 2.05) is 6.92 Å². The van der Waals surface area contributed by atoms with Crippen LogP contribution in [0.5, 0.6) is 0 Å². The summed E-state index contributed by atoms with van der Waals surface area (Å²) in [6, 6.07) is 5.94. The van der Waals surface area contributed by atoms with Crippen molar-refractivity contribution in [3.05, 3.63) is 66.6 Å². The number of unbranched alkanes of at least 4 members (excludes halogenated alkanes) is 1. The number of nitro groups is 1. The molecule has 0 aliphatic rings. The highest BCUT2D eigenvalue weighted by Crippen LogP contribution is 2.19. The van der Waals surface area contributed by atoms with Crippen LogP contribution < -0.4 is 11.2 Å². The quantitative estimate of drug-likeness (QED) is 0.311. The molecule has 0 spiro atoms. The van der Waals surface area contributed by atoms with Crippen LogP contribution in [0.2, 0.25) is 0 Å². The lowest BCUT2D eigenvalue weighted by molar-refractivity contribution is -0.385. The number of nitrogens with zero attached hydrogens (tertiary/aromatic N) is 4. The number of aromatic nitrogens is 4. The van der Waals surface area contributed by atoms with Gasteiger partial charge in [0.15, 0.2) is 11.2 Å². The Labute approximate surface area is 176 Å². The van der Waals surface area contributed by atoms with Crippen molar-refractivity contribution in [1.82, 2.24) is 19.1 Å². The fourth-order valence-electron chi connectivity index (χ4n) is 3.38. The summed E-state index contributed by atoms with van der Waals surface area (Å²) in [5.41, 5.74) is -0.527. The molecule has 0 radical (unpaired) electrons. The first kappa shape index (κ1) is 21.9. The SMILES string of the molecule is CCCCn1c(=O)[nH]c(=O)c2c1nc(COC(=O)Cc1ccccc1[N+](=O)[O-])n2CC. The van der Waals surface area contributed by atoms with Gasteiger partial charge in [-0.3, -0.25) is 29.3 Å². The Bertz CT molecular complexity index is 1240. The molecule has 31 heavy (non-hydrogen) atoms. The van der Waals surface area contributed by atoms with E-state index >= 15 is 0 Å². The summed E-state index contributed by atoms with van der Waals surface area (Å²) in [5.74, 6) is -0.351. The van der Waals surface area contributed by atoms with Gasteiger partial charge in [-0.15, -0.1) is 0 Å². The van der Waals surface area contributed by atoms with E-state index in [9.17, 15) is 24.5 Å². The number of rotatable bonds is 9. The van der Waals surface area contributed by atoms with E-state index in [4.69, 9.17) is 4.74 Å². The second-order valence-corrected chi connectivity index (χ2v) is 6.93. The second-order valence-electron chi connectivity index (χ2n) is 6.93. The fourth-order valence-corrected chi connectivity index (χ4v) is 3.38. The molecule has 11 nitrogen and oxygen atoms in total. The predicted molar refractivity (Wildman–Crippen MR) is 112 cm³/mol. The Morgan fingerprint density at radius 2 is 1.97 bits per heavy atom. The first-order chi connectivity index (χ1) is 14.9. The summed E-state index contributed by atoms with van der Waals surface area (Å²) in [4.78, 5) is 54.2. The first-order valence-corrected chi connectivity index (χ1v) is 9.97. The topological polar surface area (TPSA) is 142 Å². The molecule has 1 N–H and O–H groups in total. The normalized spacial score (nSPS) is 11.0. The smallest absolute Gasteiger partial charge is 0.330 e. The van der Waals surface area contributed by atoms with E-state index in [1.54, 1.807) is 17.6 Å². The lowest BCUT2D eigenvalue weighted by Crippen LogP contribution is -2.31. The standard InChI is InChI=1S/C20H23N5O6/c1-3-5-10-24-18-17(19(27)22-20(24)28)23(4-2)15(21-18)12-31-16(26)11-13-8-6-7-9-14(13)25(29)30/h6-9H,3-5,10-12H2,1-2H3,(H,22,27,28). The van der Waals surface area contributed by atoms with Crippen LogP contribution in [0.25, 0.3) is 11.2 Å². The van der Waals surface area contributed by atoms with Gasteiger partial charge in [0.25, 0.3) is 11.2 Å². The molecule has 11 heteroatoms. The van der Waals surface area contributed by atoms with Gasteiger partial charge < -0.3 is 9.30 Å². The number of para-hydroxylation sites is 1. The van der Waals surface area contributed by atoms with Crippen molar-refractivity contribution in [1.29, 1.82) is 0 Å². The van der Waals surface area contributed by atoms with E-state index in [0.29, 0.717) is 18.9 Å². The molecule has 0 aliphatic carbocycles.